The van der Waals surface area contributed by atoms with Gasteiger partial charge in [0.25, 0.3) is 0 Å². The van der Waals surface area contributed by atoms with Gasteiger partial charge in [0.15, 0.2) is 6.10 Å². The first-order chi connectivity index (χ1) is 27.0. The Morgan fingerprint density at radius 3 is 1.20 bits per heavy atom. The second-order valence-corrected chi connectivity index (χ2v) is 14.7. The van der Waals surface area contributed by atoms with Gasteiger partial charge in [-0.15, -0.1) is 0 Å². The molecular formula is C49H82O6. The summed E-state index contributed by atoms with van der Waals surface area (Å²) in [5.41, 5.74) is 0. The third-order valence-electron chi connectivity index (χ3n) is 9.25. The van der Waals surface area contributed by atoms with Crippen molar-refractivity contribution in [3.8, 4) is 0 Å². The highest BCUT2D eigenvalue weighted by molar-refractivity contribution is 5.71. The van der Waals surface area contributed by atoms with Crippen molar-refractivity contribution in [2.75, 3.05) is 13.2 Å². The van der Waals surface area contributed by atoms with Crippen LogP contribution in [0.5, 0.6) is 0 Å². The lowest BCUT2D eigenvalue weighted by Crippen LogP contribution is -2.30. The highest BCUT2D eigenvalue weighted by Gasteiger charge is 2.19. The zero-order valence-corrected chi connectivity index (χ0v) is 35.7. The average Bonchev–Trinajstić information content (AvgIpc) is 3.18. The Hall–Kier alpha value is -3.15. The van der Waals surface area contributed by atoms with Crippen molar-refractivity contribution in [1.29, 1.82) is 0 Å². The summed E-state index contributed by atoms with van der Waals surface area (Å²) in [4.78, 5) is 37.7. The van der Waals surface area contributed by atoms with Gasteiger partial charge in [0, 0.05) is 19.3 Å². The molecule has 0 bridgehead atoms. The Bertz CT molecular complexity index is 1070. The van der Waals surface area contributed by atoms with Crippen molar-refractivity contribution < 1.29 is 28.6 Å². The minimum atomic E-state index is -0.794. The van der Waals surface area contributed by atoms with E-state index in [0.717, 1.165) is 96.3 Å². The second-order valence-electron chi connectivity index (χ2n) is 14.7. The van der Waals surface area contributed by atoms with Gasteiger partial charge in [-0.1, -0.05) is 177 Å². The molecule has 314 valence electrons. The maximum atomic E-state index is 12.7. The molecule has 0 aliphatic rings. The first-order valence-electron chi connectivity index (χ1n) is 22.5. The molecule has 0 amide bonds. The minimum absolute atomic E-state index is 0.0957. The SMILES string of the molecule is CC\C=C/C=C\C=C/CCCCCCCCCC(=O)OCC(COC(=O)CCCCCCC/C=C\CCCC)OC(=O)CCCCC/C=C\C=C/CCCC. The van der Waals surface area contributed by atoms with Crippen LogP contribution in [-0.2, 0) is 28.6 Å². The number of carbonyl (C=O) groups excluding carboxylic acids is 3. The van der Waals surface area contributed by atoms with Crippen LogP contribution in [0.4, 0.5) is 0 Å². The lowest BCUT2D eigenvalue weighted by Gasteiger charge is -2.18. The molecule has 0 spiro atoms. The first-order valence-corrected chi connectivity index (χ1v) is 22.5. The predicted octanol–water partition coefficient (Wildman–Crippen LogP) is 14.3. The summed E-state index contributed by atoms with van der Waals surface area (Å²) in [7, 11) is 0. The van der Waals surface area contributed by atoms with Gasteiger partial charge in [-0.05, 0) is 77.0 Å². The normalized spacial score (nSPS) is 12.7. The average molecular weight is 767 g/mol. The molecule has 0 aliphatic carbocycles. The number of hydrogen-bond acceptors (Lipinski definition) is 6. The molecule has 0 N–H and O–H groups in total. The van der Waals surface area contributed by atoms with E-state index in [-0.39, 0.29) is 31.1 Å². The van der Waals surface area contributed by atoms with Crippen LogP contribution < -0.4 is 0 Å². The van der Waals surface area contributed by atoms with E-state index in [9.17, 15) is 14.4 Å². The van der Waals surface area contributed by atoms with Crippen LogP contribution in [0.25, 0.3) is 0 Å². The van der Waals surface area contributed by atoms with Gasteiger partial charge in [0.1, 0.15) is 13.2 Å². The number of ether oxygens (including phenoxy) is 3. The van der Waals surface area contributed by atoms with Gasteiger partial charge in [-0.25, -0.2) is 0 Å². The van der Waals surface area contributed by atoms with Crippen LogP contribution in [0, 0.1) is 0 Å². The monoisotopic (exact) mass is 767 g/mol. The molecule has 1 unspecified atom stereocenters. The van der Waals surface area contributed by atoms with E-state index in [0.29, 0.717) is 19.3 Å². The minimum Gasteiger partial charge on any atom is -0.462 e. The van der Waals surface area contributed by atoms with Crippen LogP contribution in [0.3, 0.4) is 0 Å². The van der Waals surface area contributed by atoms with E-state index in [1.54, 1.807) is 0 Å². The van der Waals surface area contributed by atoms with E-state index < -0.39 is 6.10 Å². The molecule has 0 radical (unpaired) electrons. The number of rotatable bonds is 39. The summed E-state index contributed by atoms with van der Waals surface area (Å²) < 4.78 is 16.6. The third kappa shape index (κ3) is 41.8. The standard InChI is InChI=1S/C49H82O6/c1-4-7-10-13-16-19-22-23-24-25-28-30-33-36-39-42-48(51)54-45-46(55-49(52)43-40-37-34-31-27-21-18-15-12-9-6-3)44-53-47(50)41-38-35-32-29-26-20-17-14-11-8-5-2/h7,10,13-19,21-22,27,46H,4-6,8-9,11-12,20,23-26,28-45H2,1-3H3/b10-7-,16-13-,17-14-,18-15-,22-19-,27-21-. The fourth-order valence-corrected chi connectivity index (χ4v) is 5.81. The Morgan fingerprint density at radius 1 is 0.382 bits per heavy atom. The van der Waals surface area contributed by atoms with Crippen LogP contribution in [0.1, 0.15) is 201 Å². The highest BCUT2D eigenvalue weighted by atomic mass is 16.6. The van der Waals surface area contributed by atoms with E-state index in [4.69, 9.17) is 14.2 Å². The zero-order valence-electron chi connectivity index (χ0n) is 35.7. The van der Waals surface area contributed by atoms with Crippen LogP contribution in [0.15, 0.2) is 72.9 Å². The lowest BCUT2D eigenvalue weighted by molar-refractivity contribution is -0.167. The maximum absolute atomic E-state index is 12.7. The van der Waals surface area contributed by atoms with Crippen molar-refractivity contribution >= 4 is 17.9 Å². The molecule has 0 saturated heterocycles. The molecule has 6 heteroatoms. The van der Waals surface area contributed by atoms with Gasteiger partial charge < -0.3 is 14.2 Å². The smallest absolute Gasteiger partial charge is 0.306 e. The zero-order chi connectivity index (χ0) is 40.1. The Morgan fingerprint density at radius 2 is 0.727 bits per heavy atom. The van der Waals surface area contributed by atoms with Crippen molar-refractivity contribution in [2.24, 2.45) is 0 Å². The number of unbranched alkanes of at least 4 members (excludes halogenated alkanes) is 19. The van der Waals surface area contributed by atoms with Gasteiger partial charge in [-0.2, -0.15) is 0 Å². The Kier molecular flexibility index (Phi) is 41.1. The van der Waals surface area contributed by atoms with Gasteiger partial charge in [0.05, 0.1) is 0 Å². The van der Waals surface area contributed by atoms with E-state index in [1.807, 2.05) is 0 Å². The molecule has 0 rings (SSSR count). The summed E-state index contributed by atoms with van der Waals surface area (Å²) in [5.74, 6) is -0.953. The van der Waals surface area contributed by atoms with Crippen LogP contribution in [-0.4, -0.2) is 37.2 Å². The summed E-state index contributed by atoms with van der Waals surface area (Å²) >= 11 is 0. The molecule has 0 aliphatic heterocycles. The van der Waals surface area contributed by atoms with Crippen LogP contribution >= 0.6 is 0 Å². The van der Waals surface area contributed by atoms with Gasteiger partial charge >= 0.3 is 17.9 Å². The molecule has 0 saturated carbocycles. The van der Waals surface area contributed by atoms with Crippen molar-refractivity contribution in [2.45, 2.75) is 207 Å². The number of esters is 3. The molecule has 0 fully saturated rings. The number of allylic oxidation sites excluding steroid dienone is 12. The second kappa shape index (κ2) is 43.6. The molecule has 55 heavy (non-hydrogen) atoms. The highest BCUT2D eigenvalue weighted by Crippen LogP contribution is 2.13. The van der Waals surface area contributed by atoms with Gasteiger partial charge in [-0.3, -0.25) is 14.4 Å². The Balaban J connectivity index is 4.43. The van der Waals surface area contributed by atoms with Crippen molar-refractivity contribution in [1.82, 2.24) is 0 Å². The first kappa shape index (κ1) is 51.9. The topological polar surface area (TPSA) is 78.9 Å². The molecule has 0 aromatic carbocycles. The largest absolute Gasteiger partial charge is 0.462 e. The van der Waals surface area contributed by atoms with Crippen LogP contribution in [0.2, 0.25) is 0 Å². The molecular weight excluding hydrogens is 685 g/mol. The molecule has 1 atom stereocenters. The Labute approximate surface area is 338 Å². The number of hydrogen-bond donors (Lipinski definition) is 0. The fraction of sp³-hybridized carbons (Fsp3) is 0.694. The summed E-state index contributed by atoms with van der Waals surface area (Å²) in [6.45, 7) is 6.35. The lowest BCUT2D eigenvalue weighted by atomic mass is 10.1. The number of carbonyl (C=O) groups is 3. The molecule has 0 heterocycles. The fourth-order valence-electron chi connectivity index (χ4n) is 5.81. The molecule has 6 nitrogen and oxygen atoms in total. The quantitative estimate of drug-likeness (QED) is 0.0204. The molecule has 0 aromatic rings. The molecule has 0 aromatic heterocycles. The summed E-state index contributed by atoms with van der Waals surface area (Å²) in [6.07, 6.45) is 53.1. The van der Waals surface area contributed by atoms with E-state index >= 15 is 0 Å². The maximum Gasteiger partial charge on any atom is 0.306 e. The van der Waals surface area contributed by atoms with E-state index in [2.05, 4.69) is 93.7 Å². The summed E-state index contributed by atoms with van der Waals surface area (Å²) in [5, 5.41) is 0. The van der Waals surface area contributed by atoms with Crippen molar-refractivity contribution in [3.63, 3.8) is 0 Å². The van der Waals surface area contributed by atoms with E-state index in [1.165, 1.54) is 64.2 Å². The van der Waals surface area contributed by atoms with Crippen molar-refractivity contribution in [3.05, 3.63) is 72.9 Å². The predicted molar refractivity (Wildman–Crippen MR) is 233 cm³/mol. The third-order valence-corrected chi connectivity index (χ3v) is 9.25. The summed E-state index contributed by atoms with van der Waals surface area (Å²) in [6, 6.07) is 0. The van der Waals surface area contributed by atoms with Gasteiger partial charge in [0.2, 0.25) is 0 Å².